The van der Waals surface area contributed by atoms with Gasteiger partial charge in [0.05, 0.1) is 32.5 Å². The van der Waals surface area contributed by atoms with Crippen LogP contribution in [0.4, 0.5) is 10.5 Å². The summed E-state index contributed by atoms with van der Waals surface area (Å²) >= 11 is 6.83. The number of aliphatic hydroxyl groups is 1. The summed E-state index contributed by atoms with van der Waals surface area (Å²) in [6, 6.07) is 12.9. The highest BCUT2D eigenvalue weighted by Gasteiger charge is 2.46. The van der Waals surface area contributed by atoms with E-state index in [9.17, 15) is 14.7 Å². The predicted octanol–water partition coefficient (Wildman–Crippen LogP) is 8.56. The summed E-state index contributed by atoms with van der Waals surface area (Å²) in [5.41, 5.74) is 5.34. The summed E-state index contributed by atoms with van der Waals surface area (Å²) < 4.78 is 13.3. The van der Waals surface area contributed by atoms with Crippen LogP contribution in [-0.2, 0) is 9.53 Å². The number of nitrogens with zero attached hydrogens (tertiary/aromatic N) is 4. The molecule has 3 saturated carbocycles. The number of fused-ring (bicyclic) bond motifs is 2. The van der Waals surface area contributed by atoms with E-state index in [-0.39, 0.29) is 35.5 Å². The number of amides is 2. The number of halogens is 1. The standard InChI is InChI=1S/C41H53ClN4O5/c1-26(2)46-22-31(21-43-46)36-19-32(10-13-37(36)42)45(39(48)28-7-11-34(12-8-28)51-40(49)44-23-33(47)24-44)25-41-16-5-6-30(20-41)35(15-17-41)29-9-14-38(50-4)27(3)18-29/h9-10,13-14,18-19,21-22,26,28,30,33-35,47H,5-8,11-12,15-17,20,23-25H2,1-4H3. The molecule has 3 atom stereocenters. The van der Waals surface area contributed by atoms with Gasteiger partial charge in [0.2, 0.25) is 5.91 Å². The molecule has 1 aromatic heterocycles. The van der Waals surface area contributed by atoms with Gasteiger partial charge in [0.15, 0.2) is 0 Å². The monoisotopic (exact) mass is 716 g/mol. The van der Waals surface area contributed by atoms with Crippen LogP contribution in [0, 0.1) is 24.2 Å². The number of methoxy groups -OCH3 is 1. The van der Waals surface area contributed by atoms with E-state index in [0.29, 0.717) is 62.2 Å². The number of carbonyl (C=O) groups is 2. The van der Waals surface area contributed by atoms with Crippen LogP contribution >= 0.6 is 11.6 Å². The number of β-amino-alcohol motifs (C(OH)–C–C–N with tert-alkyl or cyclic N) is 1. The fourth-order valence-electron chi connectivity index (χ4n) is 9.32. The average molecular weight is 717 g/mol. The SMILES string of the molecule is COc1ccc(C2CCC3(CN(C(=O)C4CCC(OC(=O)N5CC(O)C5)CC4)c4ccc(Cl)c(-c5cnn(C(C)C)c5)c4)CCCC2C3)cc1C. The van der Waals surface area contributed by atoms with Crippen LogP contribution in [0.15, 0.2) is 48.8 Å². The third-order valence-electron chi connectivity index (χ3n) is 12.3. The molecular weight excluding hydrogens is 664 g/mol. The van der Waals surface area contributed by atoms with E-state index in [4.69, 9.17) is 21.1 Å². The van der Waals surface area contributed by atoms with Crippen molar-refractivity contribution in [3.05, 3.63) is 64.9 Å². The molecule has 274 valence electrons. The van der Waals surface area contributed by atoms with Gasteiger partial charge in [-0.05, 0) is 131 Å². The average Bonchev–Trinajstić information content (AvgIpc) is 3.61. The number of anilines is 1. The lowest BCUT2D eigenvalue weighted by Gasteiger charge is -2.51. The van der Waals surface area contributed by atoms with Crippen LogP contribution in [0.2, 0.25) is 5.02 Å². The van der Waals surface area contributed by atoms with E-state index in [1.807, 2.05) is 29.2 Å². The van der Waals surface area contributed by atoms with Gasteiger partial charge in [-0.25, -0.2) is 4.79 Å². The van der Waals surface area contributed by atoms with Crippen LogP contribution in [0.5, 0.6) is 5.75 Å². The second-order valence-electron chi connectivity index (χ2n) is 16.0. The highest BCUT2D eigenvalue weighted by atomic mass is 35.5. The Morgan fingerprint density at radius 1 is 1.06 bits per heavy atom. The van der Waals surface area contributed by atoms with Crippen LogP contribution < -0.4 is 9.64 Å². The molecule has 0 radical (unpaired) electrons. The van der Waals surface area contributed by atoms with Crippen LogP contribution in [0.3, 0.4) is 0 Å². The molecule has 3 aromatic rings. The minimum Gasteiger partial charge on any atom is -0.496 e. The Hall–Kier alpha value is -3.56. The van der Waals surface area contributed by atoms with Crippen LogP contribution in [-0.4, -0.2) is 70.7 Å². The van der Waals surface area contributed by atoms with Gasteiger partial charge in [-0.1, -0.05) is 30.2 Å². The Morgan fingerprint density at radius 2 is 1.84 bits per heavy atom. The number of aryl methyl sites for hydroxylation is 1. The molecular formula is C41H53ClN4O5. The van der Waals surface area contributed by atoms with Gasteiger partial charge in [-0.2, -0.15) is 5.10 Å². The van der Waals surface area contributed by atoms with Gasteiger partial charge in [0.25, 0.3) is 0 Å². The lowest BCUT2D eigenvalue weighted by Crippen LogP contribution is -2.54. The van der Waals surface area contributed by atoms with E-state index in [0.717, 1.165) is 48.2 Å². The van der Waals surface area contributed by atoms with Crippen molar-refractivity contribution in [3.63, 3.8) is 0 Å². The van der Waals surface area contributed by atoms with Gasteiger partial charge in [0, 0.05) is 46.5 Å². The number of carbonyl (C=O) groups excluding carboxylic acids is 2. The second-order valence-corrected chi connectivity index (χ2v) is 16.4. The van der Waals surface area contributed by atoms with Gasteiger partial charge >= 0.3 is 6.09 Å². The summed E-state index contributed by atoms with van der Waals surface area (Å²) in [7, 11) is 1.73. The van der Waals surface area contributed by atoms with Crippen molar-refractivity contribution < 1.29 is 24.2 Å². The Kier molecular flexibility index (Phi) is 10.4. The van der Waals surface area contributed by atoms with Crippen LogP contribution in [0.25, 0.3) is 11.1 Å². The maximum absolute atomic E-state index is 14.8. The Bertz CT molecular complexity index is 1730. The molecule has 2 bridgehead atoms. The molecule has 0 spiro atoms. The molecule has 2 aromatic carbocycles. The molecule has 1 aliphatic heterocycles. The van der Waals surface area contributed by atoms with Gasteiger partial charge in [-0.15, -0.1) is 0 Å². The quantitative estimate of drug-likeness (QED) is 0.238. The zero-order valence-corrected chi connectivity index (χ0v) is 31.3. The summed E-state index contributed by atoms with van der Waals surface area (Å²) in [5.74, 6) is 2.04. The fourth-order valence-corrected chi connectivity index (χ4v) is 9.55. The maximum atomic E-state index is 14.8. The summed E-state index contributed by atoms with van der Waals surface area (Å²) in [4.78, 5) is 31.0. The number of hydrogen-bond donors (Lipinski definition) is 1. The summed E-state index contributed by atoms with van der Waals surface area (Å²) in [5, 5.41) is 14.8. The first-order chi connectivity index (χ1) is 24.5. The Morgan fingerprint density at radius 3 is 2.53 bits per heavy atom. The molecule has 4 fully saturated rings. The molecule has 7 rings (SSSR count). The van der Waals surface area contributed by atoms with Crippen molar-refractivity contribution >= 4 is 29.3 Å². The molecule has 9 nitrogen and oxygen atoms in total. The number of rotatable bonds is 9. The minimum absolute atomic E-state index is 0.0490. The number of hydrogen-bond acceptors (Lipinski definition) is 6. The summed E-state index contributed by atoms with van der Waals surface area (Å²) in [6.45, 7) is 7.67. The number of benzene rings is 2. The van der Waals surface area contributed by atoms with Crippen molar-refractivity contribution in [2.24, 2.45) is 17.3 Å². The molecule has 2 amide bonds. The third kappa shape index (κ3) is 7.52. The molecule has 10 heteroatoms. The first-order valence-electron chi connectivity index (χ1n) is 19.0. The zero-order valence-electron chi connectivity index (χ0n) is 30.5. The number of aromatic nitrogens is 2. The Balaban J connectivity index is 1.13. The van der Waals surface area contributed by atoms with Crippen molar-refractivity contribution in [2.45, 2.75) is 109 Å². The van der Waals surface area contributed by atoms with Crippen molar-refractivity contribution in [2.75, 3.05) is 31.6 Å². The van der Waals surface area contributed by atoms with Crippen molar-refractivity contribution in [3.8, 4) is 16.9 Å². The smallest absolute Gasteiger partial charge is 0.410 e. The van der Waals surface area contributed by atoms with E-state index in [1.165, 1.54) is 28.9 Å². The van der Waals surface area contributed by atoms with E-state index >= 15 is 0 Å². The normalized spacial score (nSPS) is 26.5. The fraction of sp³-hybridized carbons (Fsp3) is 0.585. The topological polar surface area (TPSA) is 97.1 Å². The highest BCUT2D eigenvalue weighted by Crippen LogP contribution is 2.55. The number of likely N-dealkylation sites (tertiary alicyclic amines) is 1. The van der Waals surface area contributed by atoms with Crippen LogP contribution in [0.1, 0.15) is 101 Å². The maximum Gasteiger partial charge on any atom is 0.410 e. The van der Waals surface area contributed by atoms with Crippen molar-refractivity contribution in [1.29, 1.82) is 0 Å². The van der Waals surface area contributed by atoms with Gasteiger partial charge in [-0.3, -0.25) is 9.48 Å². The first kappa shape index (κ1) is 35.8. The molecule has 3 aliphatic carbocycles. The second kappa shape index (κ2) is 14.8. The third-order valence-corrected chi connectivity index (χ3v) is 12.6. The molecule has 51 heavy (non-hydrogen) atoms. The minimum atomic E-state index is -0.461. The largest absolute Gasteiger partial charge is 0.496 e. The van der Waals surface area contributed by atoms with E-state index in [2.05, 4.69) is 55.0 Å². The predicted molar refractivity (Wildman–Crippen MR) is 199 cm³/mol. The van der Waals surface area contributed by atoms with Gasteiger partial charge < -0.3 is 24.4 Å². The lowest BCUT2D eigenvalue weighted by atomic mass is 9.57. The lowest BCUT2D eigenvalue weighted by molar-refractivity contribution is -0.124. The first-order valence-corrected chi connectivity index (χ1v) is 19.3. The highest BCUT2D eigenvalue weighted by molar-refractivity contribution is 6.33. The Labute approximate surface area is 307 Å². The molecule has 1 N–H and O–H groups in total. The van der Waals surface area contributed by atoms with Crippen molar-refractivity contribution in [1.82, 2.24) is 14.7 Å². The number of ether oxygens (including phenoxy) is 2. The molecule has 1 saturated heterocycles. The number of aliphatic hydroxyl groups excluding tert-OH is 1. The van der Waals surface area contributed by atoms with E-state index < -0.39 is 6.10 Å². The molecule has 2 heterocycles. The molecule has 3 unspecified atom stereocenters. The summed E-state index contributed by atoms with van der Waals surface area (Å²) in [6.07, 6.45) is 12.3. The molecule has 4 aliphatic rings. The zero-order chi connectivity index (χ0) is 35.9. The van der Waals surface area contributed by atoms with Gasteiger partial charge in [0.1, 0.15) is 11.9 Å². The van der Waals surface area contributed by atoms with E-state index in [1.54, 1.807) is 7.11 Å².